The molecule has 3 N–H and O–H groups in total. The van der Waals surface area contributed by atoms with Crippen molar-refractivity contribution in [1.82, 2.24) is 15.5 Å². The van der Waals surface area contributed by atoms with Crippen LogP contribution in [0.25, 0.3) is 0 Å². The van der Waals surface area contributed by atoms with Crippen molar-refractivity contribution in [3.63, 3.8) is 0 Å². The van der Waals surface area contributed by atoms with Crippen molar-refractivity contribution in [3.05, 3.63) is 0 Å². The maximum Gasteiger partial charge on any atom is 0.322 e. The molecule has 0 bridgehead atoms. The minimum atomic E-state index is -1.03. The SMILES string of the molecule is O=C(O)CSCC(=O)N1CCCC2(C1)NC(=O)NC2=O. The van der Waals surface area contributed by atoms with Gasteiger partial charge in [-0.15, -0.1) is 11.8 Å². The lowest BCUT2D eigenvalue weighted by Gasteiger charge is -2.38. The lowest BCUT2D eigenvalue weighted by molar-refractivity contribution is -0.134. The third-order valence-electron chi connectivity index (χ3n) is 3.31. The Balaban J connectivity index is 1.93. The Morgan fingerprint density at radius 3 is 2.70 bits per heavy atom. The van der Waals surface area contributed by atoms with Gasteiger partial charge in [-0.2, -0.15) is 0 Å². The summed E-state index contributed by atoms with van der Waals surface area (Å²) in [5.41, 5.74) is -1.03. The van der Waals surface area contributed by atoms with Crippen LogP contribution in [0.3, 0.4) is 0 Å². The summed E-state index contributed by atoms with van der Waals surface area (Å²) in [6, 6.07) is -0.537. The monoisotopic (exact) mass is 301 g/mol. The van der Waals surface area contributed by atoms with Gasteiger partial charge in [0, 0.05) is 6.54 Å². The van der Waals surface area contributed by atoms with E-state index in [9.17, 15) is 19.2 Å². The molecular weight excluding hydrogens is 286 g/mol. The first kappa shape index (κ1) is 14.6. The predicted octanol–water partition coefficient (Wildman–Crippen LogP) is -0.995. The minimum absolute atomic E-state index is 0.0535. The maximum atomic E-state index is 12.0. The number of carboxylic acid groups (broad SMARTS) is 1. The number of urea groups is 1. The fraction of sp³-hybridized carbons (Fsp3) is 0.636. The van der Waals surface area contributed by atoms with Gasteiger partial charge in [-0.1, -0.05) is 0 Å². The molecule has 4 amide bonds. The topological polar surface area (TPSA) is 116 Å². The van der Waals surface area contributed by atoms with E-state index < -0.39 is 23.4 Å². The van der Waals surface area contributed by atoms with Gasteiger partial charge in [0.15, 0.2) is 0 Å². The molecule has 1 spiro atoms. The first-order valence-electron chi connectivity index (χ1n) is 6.14. The zero-order valence-electron chi connectivity index (χ0n) is 10.7. The predicted molar refractivity (Wildman–Crippen MR) is 70.2 cm³/mol. The Morgan fingerprint density at radius 1 is 1.35 bits per heavy atom. The van der Waals surface area contributed by atoms with Gasteiger partial charge in [-0.3, -0.25) is 19.7 Å². The smallest absolute Gasteiger partial charge is 0.322 e. The number of thioether (sulfide) groups is 1. The molecule has 110 valence electrons. The van der Waals surface area contributed by atoms with Crippen LogP contribution in [-0.2, 0) is 14.4 Å². The first-order valence-corrected chi connectivity index (χ1v) is 7.29. The van der Waals surface area contributed by atoms with Gasteiger partial charge in [-0.05, 0) is 12.8 Å². The van der Waals surface area contributed by atoms with Gasteiger partial charge in [0.05, 0.1) is 18.1 Å². The molecule has 20 heavy (non-hydrogen) atoms. The number of hydrogen-bond acceptors (Lipinski definition) is 5. The molecule has 2 heterocycles. The van der Waals surface area contributed by atoms with Crippen molar-refractivity contribution in [2.75, 3.05) is 24.6 Å². The van der Waals surface area contributed by atoms with Crippen molar-refractivity contribution in [2.45, 2.75) is 18.4 Å². The van der Waals surface area contributed by atoms with Gasteiger partial charge in [0.25, 0.3) is 5.91 Å². The second-order valence-electron chi connectivity index (χ2n) is 4.80. The molecule has 0 saturated carbocycles. The van der Waals surface area contributed by atoms with Gasteiger partial charge < -0.3 is 15.3 Å². The fourth-order valence-electron chi connectivity index (χ4n) is 2.40. The van der Waals surface area contributed by atoms with E-state index in [-0.39, 0.29) is 24.0 Å². The number of nitrogens with zero attached hydrogens (tertiary/aromatic N) is 1. The summed E-state index contributed by atoms with van der Waals surface area (Å²) < 4.78 is 0. The van der Waals surface area contributed by atoms with E-state index in [1.54, 1.807) is 0 Å². The van der Waals surface area contributed by atoms with Crippen LogP contribution in [0.15, 0.2) is 0 Å². The first-order chi connectivity index (χ1) is 9.43. The Bertz CT molecular complexity index is 469. The zero-order valence-corrected chi connectivity index (χ0v) is 11.5. The quantitative estimate of drug-likeness (QED) is 0.574. The van der Waals surface area contributed by atoms with Crippen LogP contribution in [0.4, 0.5) is 4.79 Å². The molecule has 2 aliphatic rings. The van der Waals surface area contributed by atoms with Crippen molar-refractivity contribution in [1.29, 1.82) is 0 Å². The molecule has 2 aliphatic heterocycles. The summed E-state index contributed by atoms with van der Waals surface area (Å²) in [6.07, 6.45) is 1.11. The van der Waals surface area contributed by atoms with Crippen LogP contribution in [0, 0.1) is 0 Å². The molecule has 2 rings (SSSR count). The number of carboxylic acids is 1. The number of hydrogen-bond donors (Lipinski definition) is 3. The van der Waals surface area contributed by atoms with Crippen LogP contribution in [0.2, 0.25) is 0 Å². The van der Waals surface area contributed by atoms with Crippen molar-refractivity contribution < 1.29 is 24.3 Å². The van der Waals surface area contributed by atoms with E-state index in [4.69, 9.17) is 5.11 Å². The molecule has 0 aromatic rings. The van der Waals surface area contributed by atoms with Crippen molar-refractivity contribution >= 4 is 35.6 Å². The molecule has 1 unspecified atom stereocenters. The number of likely N-dealkylation sites (tertiary alicyclic amines) is 1. The van der Waals surface area contributed by atoms with Gasteiger partial charge in [0.2, 0.25) is 5.91 Å². The number of carbonyl (C=O) groups excluding carboxylic acids is 3. The molecule has 0 aromatic heterocycles. The largest absolute Gasteiger partial charge is 0.481 e. The molecule has 0 aliphatic carbocycles. The zero-order chi connectivity index (χ0) is 14.8. The van der Waals surface area contributed by atoms with E-state index in [1.165, 1.54) is 4.90 Å². The Morgan fingerprint density at radius 2 is 2.10 bits per heavy atom. The highest BCUT2D eigenvalue weighted by Gasteiger charge is 2.49. The van der Waals surface area contributed by atoms with Crippen LogP contribution in [0.5, 0.6) is 0 Å². The van der Waals surface area contributed by atoms with E-state index in [0.29, 0.717) is 19.4 Å². The lowest BCUT2D eigenvalue weighted by atomic mass is 9.89. The Labute approximate surface area is 119 Å². The van der Waals surface area contributed by atoms with Crippen LogP contribution in [0.1, 0.15) is 12.8 Å². The van der Waals surface area contributed by atoms with Gasteiger partial charge in [0.1, 0.15) is 5.54 Å². The summed E-state index contributed by atoms with van der Waals surface area (Å²) >= 11 is 1.02. The number of aliphatic carboxylic acids is 1. The Kier molecular flexibility index (Phi) is 4.17. The van der Waals surface area contributed by atoms with E-state index >= 15 is 0 Å². The number of rotatable bonds is 4. The van der Waals surface area contributed by atoms with Crippen LogP contribution >= 0.6 is 11.8 Å². The van der Waals surface area contributed by atoms with Gasteiger partial charge in [-0.25, -0.2) is 4.79 Å². The molecule has 0 radical (unpaired) electrons. The van der Waals surface area contributed by atoms with Crippen molar-refractivity contribution in [3.8, 4) is 0 Å². The normalized spacial score (nSPS) is 25.5. The molecular formula is C11H15N3O5S. The van der Waals surface area contributed by atoms with Gasteiger partial charge >= 0.3 is 12.0 Å². The number of imide groups is 1. The van der Waals surface area contributed by atoms with E-state index in [1.807, 2.05) is 0 Å². The summed E-state index contributed by atoms with van der Waals surface area (Å²) in [4.78, 5) is 46.9. The molecule has 2 saturated heterocycles. The highest BCUT2D eigenvalue weighted by Crippen LogP contribution is 2.24. The summed E-state index contributed by atoms with van der Waals surface area (Å²) in [5, 5.41) is 13.3. The number of piperidine rings is 1. The second kappa shape index (κ2) is 5.70. The van der Waals surface area contributed by atoms with Crippen molar-refractivity contribution in [2.24, 2.45) is 0 Å². The Hall–Kier alpha value is -1.77. The molecule has 2 fully saturated rings. The summed E-state index contributed by atoms with van der Waals surface area (Å²) in [6.45, 7) is 0.647. The van der Waals surface area contributed by atoms with E-state index in [0.717, 1.165) is 11.8 Å². The summed E-state index contributed by atoms with van der Waals surface area (Å²) in [5.74, 6) is -1.68. The molecule has 0 aromatic carbocycles. The highest BCUT2D eigenvalue weighted by atomic mass is 32.2. The van der Waals surface area contributed by atoms with Crippen LogP contribution < -0.4 is 10.6 Å². The second-order valence-corrected chi connectivity index (χ2v) is 5.78. The third-order valence-corrected chi connectivity index (χ3v) is 4.21. The standard InChI is InChI=1S/C11H15N3O5S/c15-7(4-20-5-8(16)17)14-3-1-2-11(6-14)9(18)12-10(19)13-11/h1-6H2,(H,16,17)(H2,12,13,18,19). The average Bonchev–Trinajstić information content (AvgIpc) is 2.63. The average molecular weight is 301 g/mol. The molecule has 9 heteroatoms. The highest BCUT2D eigenvalue weighted by molar-refractivity contribution is 8.00. The number of nitrogens with one attached hydrogen (secondary N) is 2. The molecule has 8 nitrogen and oxygen atoms in total. The number of carbonyl (C=O) groups is 4. The third kappa shape index (κ3) is 3.03. The number of amides is 4. The van der Waals surface area contributed by atoms with E-state index in [2.05, 4.69) is 10.6 Å². The lowest BCUT2D eigenvalue weighted by Crippen LogP contribution is -2.59. The summed E-state index contributed by atoms with van der Waals surface area (Å²) in [7, 11) is 0. The minimum Gasteiger partial charge on any atom is -0.481 e. The maximum absolute atomic E-state index is 12.0. The molecule has 1 atom stereocenters. The van der Waals surface area contributed by atoms with Crippen LogP contribution in [-0.4, -0.2) is 64.0 Å². The fourth-order valence-corrected chi connectivity index (χ4v) is 3.03.